The Morgan fingerprint density at radius 3 is 2.59 bits per heavy atom. The van der Waals surface area contributed by atoms with E-state index in [0.29, 0.717) is 16.5 Å². The number of nitrogens with zero attached hydrogens (tertiary/aromatic N) is 2. The molecular weight excluding hydrogens is 438 g/mol. The smallest absolute Gasteiger partial charge is 0.307 e. The number of aryl methyl sites for hydroxylation is 1. The summed E-state index contributed by atoms with van der Waals surface area (Å²) in [5.41, 5.74) is 1.05. The Hall–Kier alpha value is -3.00. The maximum atomic E-state index is 12.8. The highest BCUT2D eigenvalue weighted by Crippen LogP contribution is 2.22. The van der Waals surface area contributed by atoms with Gasteiger partial charge in [0, 0.05) is 16.9 Å². The van der Waals surface area contributed by atoms with Crippen LogP contribution in [0.15, 0.2) is 57.8 Å². The molecule has 0 saturated heterocycles. The maximum absolute atomic E-state index is 12.8. The molecule has 2 aromatic carbocycles. The third kappa shape index (κ3) is 4.89. The number of amides is 1. The van der Waals surface area contributed by atoms with Crippen LogP contribution in [0.25, 0.3) is 10.8 Å². The first-order chi connectivity index (χ1) is 13.9. The summed E-state index contributed by atoms with van der Waals surface area (Å²) in [6, 6.07) is 13.9. The standard InChI is InChI=1S/C21H20BrN3O4/c1-25-21(28)16-9-4-3-8-15(16)18(24-25)11-19(26)23-17(12-20(27)29-2)13-6-5-7-14(22)10-13/h3-10,17H,11-12H2,1-2H3,(H,23,26). The molecule has 0 radical (unpaired) electrons. The second-order valence-corrected chi connectivity index (χ2v) is 7.47. The molecule has 29 heavy (non-hydrogen) atoms. The summed E-state index contributed by atoms with van der Waals surface area (Å²) in [5.74, 6) is -0.740. The predicted molar refractivity (Wildman–Crippen MR) is 112 cm³/mol. The van der Waals surface area contributed by atoms with E-state index in [1.165, 1.54) is 11.8 Å². The number of hydrogen-bond acceptors (Lipinski definition) is 5. The van der Waals surface area contributed by atoms with E-state index in [2.05, 4.69) is 26.3 Å². The fourth-order valence-electron chi connectivity index (χ4n) is 3.13. The molecule has 1 heterocycles. The van der Waals surface area contributed by atoms with Crippen molar-refractivity contribution in [1.82, 2.24) is 15.1 Å². The van der Waals surface area contributed by atoms with E-state index in [0.717, 1.165) is 10.0 Å². The molecule has 0 spiro atoms. The van der Waals surface area contributed by atoms with Crippen LogP contribution in [0.1, 0.15) is 23.7 Å². The van der Waals surface area contributed by atoms with Crippen LogP contribution in [0.4, 0.5) is 0 Å². The largest absolute Gasteiger partial charge is 0.469 e. The third-order valence-electron chi connectivity index (χ3n) is 4.55. The first-order valence-electron chi connectivity index (χ1n) is 8.95. The van der Waals surface area contributed by atoms with Crippen LogP contribution < -0.4 is 10.9 Å². The Kier molecular flexibility index (Phi) is 6.43. The van der Waals surface area contributed by atoms with E-state index in [4.69, 9.17) is 4.74 Å². The average Bonchev–Trinajstić information content (AvgIpc) is 2.71. The lowest BCUT2D eigenvalue weighted by atomic mass is 10.0. The number of carbonyl (C=O) groups excluding carboxylic acids is 2. The molecule has 150 valence electrons. The molecule has 7 nitrogen and oxygen atoms in total. The van der Waals surface area contributed by atoms with Crippen LogP contribution in [-0.4, -0.2) is 28.8 Å². The van der Waals surface area contributed by atoms with E-state index in [9.17, 15) is 14.4 Å². The van der Waals surface area contributed by atoms with Gasteiger partial charge in [-0.1, -0.05) is 46.3 Å². The van der Waals surface area contributed by atoms with Crippen LogP contribution in [0.3, 0.4) is 0 Å². The van der Waals surface area contributed by atoms with Crippen molar-refractivity contribution in [3.63, 3.8) is 0 Å². The van der Waals surface area contributed by atoms with E-state index in [-0.39, 0.29) is 24.3 Å². The minimum atomic E-state index is -0.550. The monoisotopic (exact) mass is 457 g/mol. The van der Waals surface area contributed by atoms with Crippen molar-refractivity contribution >= 4 is 38.6 Å². The van der Waals surface area contributed by atoms with Gasteiger partial charge in [0.1, 0.15) is 0 Å². The average molecular weight is 458 g/mol. The number of carbonyl (C=O) groups is 2. The number of ether oxygens (including phenoxy) is 1. The quantitative estimate of drug-likeness (QED) is 0.574. The highest BCUT2D eigenvalue weighted by Gasteiger charge is 2.20. The molecule has 0 aliphatic heterocycles. The maximum Gasteiger partial charge on any atom is 0.307 e. The lowest BCUT2D eigenvalue weighted by Gasteiger charge is -2.19. The lowest BCUT2D eigenvalue weighted by molar-refractivity contribution is -0.141. The van der Waals surface area contributed by atoms with Gasteiger partial charge in [0.15, 0.2) is 0 Å². The molecule has 1 aromatic heterocycles. The number of hydrogen-bond donors (Lipinski definition) is 1. The first-order valence-corrected chi connectivity index (χ1v) is 9.75. The number of methoxy groups -OCH3 is 1. The molecular formula is C21H20BrN3O4. The Bertz CT molecular complexity index is 1130. The molecule has 0 fully saturated rings. The van der Waals surface area contributed by atoms with Crippen LogP contribution in [0.5, 0.6) is 0 Å². The topological polar surface area (TPSA) is 90.3 Å². The van der Waals surface area contributed by atoms with Gasteiger partial charge in [-0.2, -0.15) is 5.10 Å². The van der Waals surface area contributed by atoms with Crippen LogP contribution in [0, 0.1) is 0 Å². The van der Waals surface area contributed by atoms with E-state index < -0.39 is 12.0 Å². The lowest BCUT2D eigenvalue weighted by Crippen LogP contribution is -2.32. The molecule has 0 saturated carbocycles. The molecule has 0 aliphatic rings. The number of halogens is 1. The zero-order valence-corrected chi connectivity index (χ0v) is 17.6. The Balaban J connectivity index is 1.87. The number of aromatic nitrogens is 2. The Labute approximate surface area is 175 Å². The van der Waals surface area contributed by atoms with E-state index in [1.54, 1.807) is 31.3 Å². The first kappa shape index (κ1) is 20.7. The summed E-state index contributed by atoms with van der Waals surface area (Å²) in [6.07, 6.45) is -0.0273. The molecule has 8 heteroatoms. The summed E-state index contributed by atoms with van der Waals surface area (Å²) in [6.45, 7) is 0. The zero-order chi connectivity index (χ0) is 21.0. The van der Waals surface area contributed by atoms with Gasteiger partial charge in [-0.3, -0.25) is 14.4 Å². The summed E-state index contributed by atoms with van der Waals surface area (Å²) < 4.78 is 6.83. The van der Waals surface area contributed by atoms with Crippen molar-refractivity contribution in [2.45, 2.75) is 18.9 Å². The van der Waals surface area contributed by atoms with Gasteiger partial charge in [0.2, 0.25) is 5.91 Å². The van der Waals surface area contributed by atoms with Gasteiger partial charge >= 0.3 is 5.97 Å². The summed E-state index contributed by atoms with van der Waals surface area (Å²) >= 11 is 3.40. The minimum Gasteiger partial charge on any atom is -0.469 e. The Morgan fingerprint density at radius 1 is 1.17 bits per heavy atom. The van der Waals surface area contributed by atoms with E-state index >= 15 is 0 Å². The number of nitrogens with one attached hydrogen (secondary N) is 1. The van der Waals surface area contributed by atoms with Crippen molar-refractivity contribution in [3.05, 3.63) is 74.6 Å². The number of esters is 1. The molecule has 1 unspecified atom stereocenters. The van der Waals surface area contributed by atoms with Crippen LogP contribution in [0.2, 0.25) is 0 Å². The van der Waals surface area contributed by atoms with Crippen molar-refractivity contribution in [1.29, 1.82) is 0 Å². The third-order valence-corrected chi connectivity index (χ3v) is 5.04. The summed E-state index contributed by atoms with van der Waals surface area (Å²) in [4.78, 5) is 36.9. The molecule has 0 bridgehead atoms. The number of fused-ring (bicyclic) bond motifs is 1. The predicted octanol–water partition coefficient (Wildman–Crippen LogP) is 2.66. The molecule has 1 amide bonds. The Morgan fingerprint density at radius 2 is 1.90 bits per heavy atom. The van der Waals surface area contributed by atoms with Crippen molar-refractivity contribution in [2.75, 3.05) is 7.11 Å². The number of rotatable bonds is 6. The van der Waals surface area contributed by atoms with Gasteiger partial charge < -0.3 is 10.1 Å². The molecule has 1 atom stereocenters. The van der Waals surface area contributed by atoms with Gasteiger partial charge in [-0.25, -0.2) is 4.68 Å². The zero-order valence-electron chi connectivity index (χ0n) is 16.0. The van der Waals surface area contributed by atoms with Gasteiger partial charge in [0.05, 0.1) is 37.1 Å². The van der Waals surface area contributed by atoms with Crippen molar-refractivity contribution in [3.8, 4) is 0 Å². The fraction of sp³-hybridized carbons (Fsp3) is 0.238. The second kappa shape index (κ2) is 9.00. The SMILES string of the molecule is COC(=O)CC(NC(=O)Cc1nn(C)c(=O)c2ccccc12)c1cccc(Br)c1. The molecule has 0 aliphatic carbocycles. The highest BCUT2D eigenvalue weighted by molar-refractivity contribution is 9.10. The summed E-state index contributed by atoms with van der Waals surface area (Å²) in [5, 5.41) is 8.28. The minimum absolute atomic E-state index is 0.000144. The molecule has 3 aromatic rings. The van der Waals surface area contributed by atoms with Crippen molar-refractivity contribution in [2.24, 2.45) is 7.05 Å². The van der Waals surface area contributed by atoms with Crippen molar-refractivity contribution < 1.29 is 14.3 Å². The normalized spacial score (nSPS) is 11.8. The highest BCUT2D eigenvalue weighted by atomic mass is 79.9. The van der Waals surface area contributed by atoms with Gasteiger partial charge in [0.25, 0.3) is 5.56 Å². The molecule has 1 N–H and O–H groups in total. The summed E-state index contributed by atoms with van der Waals surface area (Å²) in [7, 11) is 2.86. The van der Waals surface area contributed by atoms with Gasteiger partial charge in [-0.05, 0) is 23.8 Å². The molecule has 3 rings (SSSR count). The number of benzene rings is 2. The van der Waals surface area contributed by atoms with Gasteiger partial charge in [-0.15, -0.1) is 0 Å². The second-order valence-electron chi connectivity index (χ2n) is 6.55. The van der Waals surface area contributed by atoms with Crippen LogP contribution >= 0.6 is 15.9 Å². The van der Waals surface area contributed by atoms with E-state index in [1.807, 2.05) is 24.3 Å². The fourth-order valence-corrected chi connectivity index (χ4v) is 3.55. The van der Waals surface area contributed by atoms with Crippen LogP contribution in [-0.2, 0) is 27.8 Å².